The highest BCUT2D eigenvalue weighted by Crippen LogP contribution is 2.19. The summed E-state index contributed by atoms with van der Waals surface area (Å²) in [6, 6.07) is 3.67. The van der Waals surface area contributed by atoms with Crippen molar-refractivity contribution >= 4 is 11.6 Å². The Balaban J connectivity index is 2.05. The number of anilines is 1. The van der Waals surface area contributed by atoms with Gasteiger partial charge in [-0.2, -0.15) is 0 Å². The molecule has 2 N–H and O–H groups in total. The molecule has 0 bridgehead atoms. The number of rotatable bonds is 4. The monoisotopic (exact) mass is 277 g/mol. The molecule has 0 spiro atoms. The number of hydrogen-bond acceptors (Lipinski definition) is 4. The summed E-state index contributed by atoms with van der Waals surface area (Å²) in [6.07, 6.45) is 3.03. The molecule has 2 atom stereocenters. The van der Waals surface area contributed by atoms with E-state index in [-0.39, 0.29) is 17.9 Å². The maximum atomic E-state index is 12.4. The van der Waals surface area contributed by atoms with E-state index in [2.05, 4.69) is 17.2 Å². The fourth-order valence-corrected chi connectivity index (χ4v) is 2.41. The minimum atomic E-state index is -0.301. The van der Waals surface area contributed by atoms with Gasteiger partial charge in [0.15, 0.2) is 0 Å². The van der Waals surface area contributed by atoms with Crippen molar-refractivity contribution in [2.45, 2.75) is 32.8 Å². The van der Waals surface area contributed by atoms with Crippen LogP contribution < -0.4 is 5.32 Å². The summed E-state index contributed by atoms with van der Waals surface area (Å²) in [5, 5.41) is 13.0. The lowest BCUT2D eigenvalue weighted by atomic mass is 9.96. The molecular weight excluding hydrogens is 254 g/mol. The first-order valence-electron chi connectivity index (χ1n) is 7.29. The van der Waals surface area contributed by atoms with Gasteiger partial charge in [0.1, 0.15) is 5.69 Å². The Morgan fingerprint density at radius 1 is 1.60 bits per heavy atom. The van der Waals surface area contributed by atoms with E-state index in [9.17, 15) is 9.90 Å². The molecule has 2 unspecified atom stereocenters. The van der Waals surface area contributed by atoms with Crippen molar-refractivity contribution < 1.29 is 9.90 Å². The molecule has 0 aromatic carbocycles. The van der Waals surface area contributed by atoms with Gasteiger partial charge >= 0.3 is 0 Å². The van der Waals surface area contributed by atoms with E-state index >= 15 is 0 Å². The second kappa shape index (κ2) is 6.70. The molecule has 110 valence electrons. The van der Waals surface area contributed by atoms with E-state index in [1.54, 1.807) is 17.2 Å². The summed E-state index contributed by atoms with van der Waals surface area (Å²) in [5.41, 5.74) is 1.39. The zero-order valence-electron chi connectivity index (χ0n) is 12.2. The summed E-state index contributed by atoms with van der Waals surface area (Å²) in [7, 11) is 0. The summed E-state index contributed by atoms with van der Waals surface area (Å²) in [6.45, 7) is 6.13. The van der Waals surface area contributed by atoms with Crippen LogP contribution in [-0.4, -0.2) is 46.6 Å². The van der Waals surface area contributed by atoms with E-state index in [0.29, 0.717) is 25.2 Å². The number of nitrogens with zero attached hydrogens (tertiary/aromatic N) is 2. The van der Waals surface area contributed by atoms with Crippen LogP contribution in [0.4, 0.5) is 5.69 Å². The lowest BCUT2D eigenvalue weighted by Gasteiger charge is -2.34. The van der Waals surface area contributed by atoms with Gasteiger partial charge in [0.2, 0.25) is 0 Å². The quantitative estimate of drug-likeness (QED) is 0.880. The maximum absolute atomic E-state index is 12.4. The van der Waals surface area contributed by atoms with E-state index < -0.39 is 0 Å². The van der Waals surface area contributed by atoms with Crippen LogP contribution in [0.2, 0.25) is 0 Å². The number of carbonyl (C=O) groups is 1. The van der Waals surface area contributed by atoms with Crippen LogP contribution in [0.5, 0.6) is 0 Å². The number of pyridine rings is 1. The second-order valence-corrected chi connectivity index (χ2v) is 5.44. The normalized spacial score (nSPS) is 22.6. The number of aliphatic hydroxyl groups excluding tert-OH is 1. The van der Waals surface area contributed by atoms with Crippen molar-refractivity contribution in [3.05, 3.63) is 24.0 Å². The Labute approximate surface area is 120 Å². The highest BCUT2D eigenvalue weighted by Gasteiger charge is 2.28. The molecule has 20 heavy (non-hydrogen) atoms. The summed E-state index contributed by atoms with van der Waals surface area (Å²) in [5.74, 6) is 0.0676. The van der Waals surface area contributed by atoms with Crippen LogP contribution >= 0.6 is 0 Å². The number of carbonyl (C=O) groups excluding carboxylic acids is 1. The standard InChI is InChI=1S/C15H23N3O2/c1-3-6-16-12-4-7-17-13(9-12)15(20)18-8-5-14(19)11(2)10-18/h4,7,9,11,14,19H,3,5-6,8,10H2,1-2H3,(H,16,17). The first kappa shape index (κ1) is 14.8. The van der Waals surface area contributed by atoms with Gasteiger partial charge in [-0.05, 0) is 30.9 Å². The van der Waals surface area contributed by atoms with Crippen LogP contribution in [0.25, 0.3) is 0 Å². The smallest absolute Gasteiger partial charge is 0.272 e. The lowest BCUT2D eigenvalue weighted by molar-refractivity contribution is 0.0294. The van der Waals surface area contributed by atoms with Crippen molar-refractivity contribution in [1.29, 1.82) is 0 Å². The molecule has 2 heterocycles. The van der Waals surface area contributed by atoms with Crippen LogP contribution in [0.1, 0.15) is 37.2 Å². The third-order valence-corrected chi connectivity index (χ3v) is 3.71. The van der Waals surface area contributed by atoms with Crippen molar-refractivity contribution in [3.8, 4) is 0 Å². The van der Waals surface area contributed by atoms with Crippen molar-refractivity contribution in [3.63, 3.8) is 0 Å². The highest BCUT2D eigenvalue weighted by molar-refractivity contribution is 5.93. The van der Waals surface area contributed by atoms with E-state index in [1.807, 2.05) is 13.0 Å². The molecule has 1 fully saturated rings. The van der Waals surface area contributed by atoms with Crippen molar-refractivity contribution in [1.82, 2.24) is 9.88 Å². The van der Waals surface area contributed by atoms with Crippen LogP contribution in [0.3, 0.4) is 0 Å². The minimum absolute atomic E-state index is 0.0519. The highest BCUT2D eigenvalue weighted by atomic mass is 16.3. The Bertz CT molecular complexity index is 464. The molecule has 0 radical (unpaired) electrons. The van der Waals surface area contributed by atoms with Gasteiger partial charge in [0.05, 0.1) is 6.10 Å². The number of amides is 1. The fraction of sp³-hybridized carbons (Fsp3) is 0.600. The molecule has 1 saturated heterocycles. The molecule has 5 nitrogen and oxygen atoms in total. The third-order valence-electron chi connectivity index (χ3n) is 3.71. The van der Waals surface area contributed by atoms with Crippen LogP contribution in [0.15, 0.2) is 18.3 Å². The average molecular weight is 277 g/mol. The molecule has 0 saturated carbocycles. The van der Waals surface area contributed by atoms with Gasteiger partial charge in [0, 0.05) is 31.5 Å². The zero-order valence-corrected chi connectivity index (χ0v) is 12.2. The van der Waals surface area contributed by atoms with E-state index in [0.717, 1.165) is 18.7 Å². The molecule has 1 aliphatic heterocycles. The molecule has 1 amide bonds. The molecule has 1 aromatic heterocycles. The first-order valence-corrected chi connectivity index (χ1v) is 7.29. The van der Waals surface area contributed by atoms with Crippen LogP contribution in [0, 0.1) is 5.92 Å². The first-order chi connectivity index (χ1) is 9.61. The number of hydrogen-bond donors (Lipinski definition) is 2. The van der Waals surface area contributed by atoms with Gasteiger partial charge in [0.25, 0.3) is 5.91 Å². The number of piperidine rings is 1. The molecule has 2 rings (SSSR count). The van der Waals surface area contributed by atoms with Crippen LogP contribution in [-0.2, 0) is 0 Å². The predicted molar refractivity (Wildman–Crippen MR) is 78.7 cm³/mol. The maximum Gasteiger partial charge on any atom is 0.272 e. The minimum Gasteiger partial charge on any atom is -0.393 e. The summed E-state index contributed by atoms with van der Waals surface area (Å²) < 4.78 is 0. The van der Waals surface area contributed by atoms with Crippen molar-refractivity contribution in [2.24, 2.45) is 5.92 Å². The van der Waals surface area contributed by atoms with Gasteiger partial charge in [-0.1, -0.05) is 13.8 Å². The largest absolute Gasteiger partial charge is 0.393 e. The lowest BCUT2D eigenvalue weighted by Crippen LogP contribution is -2.45. The average Bonchev–Trinajstić information content (AvgIpc) is 2.47. The molecule has 5 heteroatoms. The van der Waals surface area contributed by atoms with Gasteiger partial charge < -0.3 is 15.3 Å². The van der Waals surface area contributed by atoms with E-state index in [4.69, 9.17) is 0 Å². The summed E-state index contributed by atoms with van der Waals surface area (Å²) >= 11 is 0. The molecule has 0 aliphatic carbocycles. The van der Waals surface area contributed by atoms with E-state index in [1.165, 1.54) is 0 Å². The van der Waals surface area contributed by atoms with Gasteiger partial charge in [-0.15, -0.1) is 0 Å². The second-order valence-electron chi connectivity index (χ2n) is 5.44. The fourth-order valence-electron chi connectivity index (χ4n) is 2.41. The van der Waals surface area contributed by atoms with Gasteiger partial charge in [-0.25, -0.2) is 0 Å². The number of aliphatic hydroxyl groups is 1. The van der Waals surface area contributed by atoms with Crippen molar-refractivity contribution in [2.75, 3.05) is 25.0 Å². The topological polar surface area (TPSA) is 65.5 Å². The Morgan fingerprint density at radius 2 is 2.40 bits per heavy atom. The molecule has 1 aliphatic rings. The SMILES string of the molecule is CCCNc1ccnc(C(=O)N2CCC(O)C(C)C2)c1. The number of aromatic nitrogens is 1. The summed E-state index contributed by atoms with van der Waals surface area (Å²) in [4.78, 5) is 18.4. The third kappa shape index (κ3) is 3.48. The van der Waals surface area contributed by atoms with Gasteiger partial charge in [-0.3, -0.25) is 9.78 Å². The Kier molecular flexibility index (Phi) is 4.95. The Morgan fingerprint density at radius 3 is 3.10 bits per heavy atom. The zero-order chi connectivity index (χ0) is 14.5. The molecular formula is C15H23N3O2. The number of likely N-dealkylation sites (tertiary alicyclic amines) is 1. The molecule has 1 aromatic rings. The predicted octanol–water partition coefficient (Wildman–Crippen LogP) is 1.75. The Hall–Kier alpha value is -1.62. The number of nitrogens with one attached hydrogen (secondary N) is 1.